The van der Waals surface area contributed by atoms with Crippen LogP contribution in [0, 0.1) is 0 Å². The number of hydrogen-bond donors (Lipinski definition) is 1. The Morgan fingerprint density at radius 1 is 1.08 bits per heavy atom. The average Bonchev–Trinajstić information content (AvgIpc) is 3.47. The first-order valence-electron chi connectivity index (χ1n) is 11.5. The number of nitrogens with zero attached hydrogens (tertiary/aromatic N) is 1. The van der Waals surface area contributed by atoms with Crippen LogP contribution in [0.4, 0.5) is 18.9 Å². The number of hydrogen-bond acceptors (Lipinski definition) is 7. The van der Waals surface area contributed by atoms with E-state index in [0.29, 0.717) is 38.6 Å². The second-order valence-electron chi connectivity index (χ2n) is 8.40. The van der Waals surface area contributed by atoms with E-state index in [-0.39, 0.29) is 18.4 Å². The first kappa shape index (κ1) is 26.6. The van der Waals surface area contributed by atoms with Gasteiger partial charge < -0.3 is 19.5 Å². The predicted molar refractivity (Wildman–Crippen MR) is 143 cm³/mol. The van der Waals surface area contributed by atoms with Gasteiger partial charge in [0.25, 0.3) is 11.8 Å². The fraction of sp³-hybridized carbons (Fsp3) is 0.148. The number of thiocarbonyl (C=S) groups is 1. The number of para-hydroxylation sites is 1. The van der Waals surface area contributed by atoms with Gasteiger partial charge in [-0.2, -0.15) is 13.2 Å². The Kier molecular flexibility index (Phi) is 7.49. The molecule has 5 rings (SSSR count). The van der Waals surface area contributed by atoms with E-state index in [1.54, 1.807) is 36.4 Å². The van der Waals surface area contributed by atoms with Crippen molar-refractivity contribution < 1.29 is 37.0 Å². The van der Waals surface area contributed by atoms with Gasteiger partial charge in [-0.1, -0.05) is 54.3 Å². The molecule has 0 unspecified atom stereocenters. The molecule has 200 valence electrons. The summed E-state index contributed by atoms with van der Waals surface area (Å²) in [6.07, 6.45) is -2.90. The number of ether oxygens (including phenoxy) is 3. The SMILES string of the molecule is O=C(COc1ccc(/C=C2\SC(=S)N(Cc3ccc4c(c3)OCO4)C2=O)cc1)Nc1ccccc1C(F)(F)F. The van der Waals surface area contributed by atoms with Gasteiger partial charge in [0.1, 0.15) is 10.1 Å². The van der Waals surface area contributed by atoms with E-state index in [1.807, 2.05) is 12.1 Å². The third kappa shape index (κ3) is 6.18. The standard InChI is InChI=1S/C27H19F3N2O5S2/c28-27(29,30)19-3-1-2-4-20(19)31-24(33)14-35-18-8-5-16(6-9-18)12-23-25(34)32(26(38)39-23)13-17-7-10-21-22(11-17)37-15-36-21/h1-12H,13-15H2,(H,31,33)/b23-12-. The van der Waals surface area contributed by atoms with Crippen LogP contribution in [0.3, 0.4) is 0 Å². The van der Waals surface area contributed by atoms with Crippen molar-refractivity contribution in [1.29, 1.82) is 0 Å². The zero-order valence-corrected chi connectivity index (χ0v) is 21.6. The fourth-order valence-corrected chi connectivity index (χ4v) is 5.10. The average molecular weight is 573 g/mol. The number of fused-ring (bicyclic) bond motifs is 1. The Balaban J connectivity index is 1.18. The number of amides is 2. The molecule has 0 aliphatic carbocycles. The minimum atomic E-state index is -4.60. The Labute approximate surface area is 230 Å². The lowest BCUT2D eigenvalue weighted by molar-refractivity contribution is -0.137. The minimum absolute atomic E-state index is 0.163. The highest BCUT2D eigenvalue weighted by atomic mass is 32.2. The van der Waals surface area contributed by atoms with Crippen LogP contribution in [0.1, 0.15) is 16.7 Å². The van der Waals surface area contributed by atoms with Crippen molar-refractivity contribution in [3.05, 3.63) is 88.3 Å². The number of carbonyl (C=O) groups excluding carboxylic acids is 2. The topological polar surface area (TPSA) is 77.1 Å². The summed E-state index contributed by atoms with van der Waals surface area (Å²) in [6, 6.07) is 16.7. The van der Waals surface area contributed by atoms with Gasteiger partial charge in [0.2, 0.25) is 6.79 Å². The second-order valence-corrected chi connectivity index (χ2v) is 10.1. The maximum Gasteiger partial charge on any atom is 0.418 e. The van der Waals surface area contributed by atoms with Gasteiger partial charge in [-0.15, -0.1) is 0 Å². The van der Waals surface area contributed by atoms with E-state index in [2.05, 4.69) is 5.32 Å². The summed E-state index contributed by atoms with van der Waals surface area (Å²) in [4.78, 5) is 27.1. The van der Waals surface area contributed by atoms with Gasteiger partial charge in [-0.25, -0.2) is 0 Å². The largest absolute Gasteiger partial charge is 0.484 e. The monoisotopic (exact) mass is 572 g/mol. The van der Waals surface area contributed by atoms with Gasteiger partial charge in [0.05, 0.1) is 22.7 Å². The van der Waals surface area contributed by atoms with Gasteiger partial charge >= 0.3 is 6.18 Å². The molecule has 1 N–H and O–H groups in total. The molecular weight excluding hydrogens is 553 g/mol. The summed E-state index contributed by atoms with van der Waals surface area (Å²) < 4.78 is 55.9. The molecule has 3 aromatic rings. The number of alkyl halides is 3. The molecule has 1 saturated heterocycles. The molecule has 2 aliphatic heterocycles. The highest BCUT2D eigenvalue weighted by Gasteiger charge is 2.34. The van der Waals surface area contributed by atoms with Crippen LogP contribution in [-0.2, 0) is 22.3 Å². The van der Waals surface area contributed by atoms with Crippen molar-refractivity contribution in [2.75, 3.05) is 18.7 Å². The Hall–Kier alpha value is -4.03. The van der Waals surface area contributed by atoms with E-state index in [1.165, 1.54) is 34.9 Å². The lowest BCUT2D eigenvalue weighted by Crippen LogP contribution is -2.27. The highest BCUT2D eigenvalue weighted by molar-refractivity contribution is 8.26. The van der Waals surface area contributed by atoms with Crippen LogP contribution in [0.25, 0.3) is 6.08 Å². The second kappa shape index (κ2) is 11.0. The smallest absolute Gasteiger partial charge is 0.418 e. The van der Waals surface area contributed by atoms with E-state index >= 15 is 0 Å². The Morgan fingerprint density at radius 2 is 1.82 bits per heavy atom. The summed E-state index contributed by atoms with van der Waals surface area (Å²) >= 11 is 6.61. The first-order chi connectivity index (χ1) is 18.7. The molecular formula is C27H19F3N2O5S2. The predicted octanol–water partition coefficient (Wildman–Crippen LogP) is 5.85. The summed E-state index contributed by atoms with van der Waals surface area (Å²) in [5.74, 6) is 0.658. The lowest BCUT2D eigenvalue weighted by Gasteiger charge is -2.14. The van der Waals surface area contributed by atoms with E-state index in [9.17, 15) is 22.8 Å². The summed E-state index contributed by atoms with van der Waals surface area (Å²) in [7, 11) is 0. The molecule has 7 nitrogen and oxygen atoms in total. The number of nitrogens with one attached hydrogen (secondary N) is 1. The maximum atomic E-state index is 13.1. The number of rotatable bonds is 7. The zero-order chi connectivity index (χ0) is 27.6. The van der Waals surface area contributed by atoms with Crippen molar-refractivity contribution in [2.24, 2.45) is 0 Å². The highest BCUT2D eigenvalue weighted by Crippen LogP contribution is 2.37. The third-order valence-corrected chi connectivity index (χ3v) is 7.08. The molecule has 0 atom stereocenters. The normalized spacial score (nSPS) is 15.7. The molecule has 1 fully saturated rings. The lowest BCUT2D eigenvalue weighted by atomic mass is 10.1. The van der Waals surface area contributed by atoms with Gasteiger partial charge in [0, 0.05) is 0 Å². The van der Waals surface area contributed by atoms with Crippen LogP contribution >= 0.6 is 24.0 Å². The number of anilines is 1. The van der Waals surface area contributed by atoms with Crippen molar-refractivity contribution in [2.45, 2.75) is 12.7 Å². The Bertz CT molecular complexity index is 1470. The molecule has 3 aromatic carbocycles. The van der Waals surface area contributed by atoms with Crippen LogP contribution in [-0.4, -0.2) is 34.4 Å². The fourth-order valence-electron chi connectivity index (χ4n) is 3.84. The zero-order valence-electron chi connectivity index (χ0n) is 20.0. The van der Waals surface area contributed by atoms with Crippen molar-refractivity contribution in [3.8, 4) is 17.2 Å². The maximum absolute atomic E-state index is 13.1. The molecule has 0 saturated carbocycles. The molecule has 0 bridgehead atoms. The summed E-state index contributed by atoms with van der Waals surface area (Å²) in [5.41, 5.74) is 0.271. The molecule has 39 heavy (non-hydrogen) atoms. The van der Waals surface area contributed by atoms with E-state index in [0.717, 1.165) is 11.6 Å². The minimum Gasteiger partial charge on any atom is -0.484 e. The van der Waals surface area contributed by atoms with Gasteiger partial charge in [-0.3, -0.25) is 14.5 Å². The number of halogens is 3. The molecule has 0 spiro atoms. The van der Waals surface area contributed by atoms with Crippen LogP contribution < -0.4 is 19.5 Å². The summed E-state index contributed by atoms with van der Waals surface area (Å²) in [5, 5.41) is 2.23. The molecule has 0 radical (unpaired) electrons. The van der Waals surface area contributed by atoms with Crippen molar-refractivity contribution >= 4 is 51.9 Å². The number of carbonyl (C=O) groups is 2. The quantitative estimate of drug-likeness (QED) is 0.281. The molecule has 12 heteroatoms. The first-order valence-corrected chi connectivity index (χ1v) is 12.7. The Morgan fingerprint density at radius 3 is 2.59 bits per heavy atom. The van der Waals surface area contributed by atoms with E-state index < -0.39 is 24.3 Å². The van der Waals surface area contributed by atoms with Crippen molar-refractivity contribution in [3.63, 3.8) is 0 Å². The van der Waals surface area contributed by atoms with Crippen LogP contribution in [0.5, 0.6) is 17.2 Å². The number of benzene rings is 3. The van der Waals surface area contributed by atoms with Crippen LogP contribution in [0.15, 0.2) is 71.6 Å². The molecule has 2 heterocycles. The van der Waals surface area contributed by atoms with Crippen LogP contribution in [0.2, 0.25) is 0 Å². The van der Waals surface area contributed by atoms with Gasteiger partial charge in [-0.05, 0) is 53.6 Å². The van der Waals surface area contributed by atoms with Gasteiger partial charge in [0.15, 0.2) is 18.1 Å². The molecule has 0 aromatic heterocycles. The molecule has 2 aliphatic rings. The van der Waals surface area contributed by atoms with Crippen molar-refractivity contribution in [1.82, 2.24) is 4.90 Å². The third-order valence-electron chi connectivity index (χ3n) is 5.71. The number of thioether (sulfide) groups is 1. The summed E-state index contributed by atoms with van der Waals surface area (Å²) in [6.45, 7) is -0.0267. The van der Waals surface area contributed by atoms with E-state index in [4.69, 9.17) is 26.4 Å². The molecule has 2 amide bonds.